The Morgan fingerprint density at radius 3 is 1.56 bits per heavy atom. The summed E-state index contributed by atoms with van der Waals surface area (Å²) in [6, 6.07) is 84.4. The fraction of sp³-hybridized carbons (Fsp3) is 0.0492. The Hall–Kier alpha value is -7.94. The molecule has 0 radical (unpaired) electrons. The molecular formula is C61H44N2. The Bertz CT molecular complexity index is 3490. The van der Waals surface area contributed by atoms with Crippen molar-refractivity contribution in [3.05, 3.63) is 242 Å². The minimum Gasteiger partial charge on any atom is -0.310 e. The first-order valence-corrected chi connectivity index (χ1v) is 21.9. The lowest BCUT2D eigenvalue weighted by Crippen LogP contribution is -2.17. The standard InChI is InChI=1S/C61H44N2/c1-61(2)56-40-46(62(43-21-6-3-7-22-43)44-23-8-4-9-24-44)34-36-54(56)59-52-31-17-15-29-50(52)55-39-42(33-35-53(55)60(59)61)47-37-38-58(51-30-16-14-28-49(47)51)63(45-25-10-5-11-26-45)57-32-18-20-41-19-12-13-27-48(41)57/h3-40H,1-2H3. The lowest BCUT2D eigenvalue weighted by molar-refractivity contribution is 0.666. The zero-order valence-corrected chi connectivity index (χ0v) is 35.3. The van der Waals surface area contributed by atoms with Crippen molar-refractivity contribution >= 4 is 77.2 Å². The summed E-state index contributed by atoms with van der Waals surface area (Å²) in [6.07, 6.45) is 0. The van der Waals surface area contributed by atoms with Gasteiger partial charge in [-0.25, -0.2) is 0 Å². The molecule has 298 valence electrons. The maximum absolute atomic E-state index is 2.45. The molecule has 0 N–H and O–H groups in total. The number of nitrogens with zero attached hydrogens (tertiary/aromatic N) is 2. The zero-order chi connectivity index (χ0) is 42.1. The lowest BCUT2D eigenvalue weighted by atomic mass is 9.78. The van der Waals surface area contributed by atoms with E-state index >= 15 is 0 Å². The normalized spacial score (nSPS) is 12.7. The van der Waals surface area contributed by atoms with Crippen molar-refractivity contribution in [3.8, 4) is 22.3 Å². The van der Waals surface area contributed by atoms with E-state index in [1.165, 1.54) is 76.5 Å². The van der Waals surface area contributed by atoms with Crippen molar-refractivity contribution in [1.29, 1.82) is 0 Å². The Morgan fingerprint density at radius 1 is 0.317 bits per heavy atom. The SMILES string of the molecule is CC1(C)c2cc(N(c3ccccc3)c3ccccc3)ccc2-c2c1c1ccc(-c3ccc(N(c4ccccc4)c4cccc5ccccc45)c4ccccc34)cc1c1ccccc21. The van der Waals surface area contributed by atoms with E-state index in [1.807, 2.05) is 0 Å². The van der Waals surface area contributed by atoms with Crippen LogP contribution in [0.1, 0.15) is 25.0 Å². The summed E-state index contributed by atoms with van der Waals surface area (Å²) in [5.74, 6) is 0. The molecule has 12 rings (SSSR count). The van der Waals surface area contributed by atoms with E-state index in [2.05, 4.69) is 254 Å². The minimum atomic E-state index is -0.250. The van der Waals surface area contributed by atoms with Gasteiger partial charge in [0.1, 0.15) is 0 Å². The molecule has 2 heteroatoms. The van der Waals surface area contributed by atoms with Crippen LogP contribution in [0.25, 0.3) is 65.3 Å². The molecule has 1 aliphatic rings. The van der Waals surface area contributed by atoms with Gasteiger partial charge in [0.2, 0.25) is 0 Å². The van der Waals surface area contributed by atoms with Gasteiger partial charge in [-0.05, 0) is 132 Å². The van der Waals surface area contributed by atoms with E-state index in [1.54, 1.807) is 0 Å². The molecule has 0 atom stereocenters. The van der Waals surface area contributed by atoms with Crippen molar-refractivity contribution in [3.63, 3.8) is 0 Å². The number of para-hydroxylation sites is 3. The van der Waals surface area contributed by atoms with Crippen LogP contribution in [0.2, 0.25) is 0 Å². The third-order valence-electron chi connectivity index (χ3n) is 13.4. The van der Waals surface area contributed by atoms with Crippen LogP contribution in [-0.2, 0) is 5.41 Å². The maximum atomic E-state index is 2.45. The summed E-state index contributed by atoms with van der Waals surface area (Å²) < 4.78 is 0. The van der Waals surface area contributed by atoms with E-state index in [9.17, 15) is 0 Å². The average molecular weight is 805 g/mol. The molecule has 0 saturated heterocycles. The number of fused-ring (bicyclic) bond motifs is 10. The molecule has 0 unspecified atom stereocenters. The fourth-order valence-corrected chi connectivity index (χ4v) is 10.5. The summed E-state index contributed by atoms with van der Waals surface area (Å²) in [5, 5.41) is 10.0. The summed E-state index contributed by atoms with van der Waals surface area (Å²) in [6.45, 7) is 4.83. The molecule has 2 nitrogen and oxygen atoms in total. The molecule has 0 aliphatic heterocycles. The van der Waals surface area contributed by atoms with Crippen LogP contribution in [-0.4, -0.2) is 0 Å². The molecule has 11 aromatic rings. The quantitative estimate of drug-likeness (QED) is 0.148. The monoisotopic (exact) mass is 804 g/mol. The van der Waals surface area contributed by atoms with Crippen LogP contribution >= 0.6 is 0 Å². The lowest BCUT2D eigenvalue weighted by Gasteiger charge is -2.29. The van der Waals surface area contributed by atoms with Gasteiger partial charge in [0, 0.05) is 38.9 Å². The van der Waals surface area contributed by atoms with E-state index in [-0.39, 0.29) is 5.41 Å². The largest absolute Gasteiger partial charge is 0.310 e. The predicted octanol–water partition coefficient (Wildman–Crippen LogP) is 17.2. The van der Waals surface area contributed by atoms with Gasteiger partial charge in [-0.2, -0.15) is 0 Å². The van der Waals surface area contributed by atoms with E-state index < -0.39 is 0 Å². The van der Waals surface area contributed by atoms with Gasteiger partial charge >= 0.3 is 0 Å². The second-order valence-corrected chi connectivity index (χ2v) is 17.3. The Kier molecular flexibility index (Phi) is 8.55. The molecule has 0 fully saturated rings. The third kappa shape index (κ3) is 5.86. The molecule has 0 amide bonds. The van der Waals surface area contributed by atoms with Crippen molar-refractivity contribution in [2.75, 3.05) is 9.80 Å². The van der Waals surface area contributed by atoms with Crippen LogP contribution in [0.3, 0.4) is 0 Å². The number of anilines is 6. The Morgan fingerprint density at radius 2 is 0.857 bits per heavy atom. The highest BCUT2D eigenvalue weighted by atomic mass is 15.1. The molecule has 0 bridgehead atoms. The maximum Gasteiger partial charge on any atom is 0.0540 e. The van der Waals surface area contributed by atoms with Crippen LogP contribution in [0.4, 0.5) is 34.1 Å². The molecule has 0 spiro atoms. The first kappa shape index (κ1) is 36.9. The van der Waals surface area contributed by atoms with Gasteiger partial charge in [-0.15, -0.1) is 0 Å². The predicted molar refractivity (Wildman–Crippen MR) is 269 cm³/mol. The topological polar surface area (TPSA) is 6.48 Å². The first-order chi connectivity index (χ1) is 31.0. The molecule has 0 heterocycles. The van der Waals surface area contributed by atoms with Gasteiger partial charge in [0.15, 0.2) is 0 Å². The first-order valence-electron chi connectivity index (χ1n) is 21.9. The van der Waals surface area contributed by atoms with E-state index in [0.29, 0.717) is 0 Å². The molecular weight excluding hydrogens is 761 g/mol. The summed E-state index contributed by atoms with van der Waals surface area (Å²) in [4.78, 5) is 4.80. The van der Waals surface area contributed by atoms with Gasteiger partial charge in [-0.3, -0.25) is 0 Å². The summed E-state index contributed by atoms with van der Waals surface area (Å²) >= 11 is 0. The third-order valence-corrected chi connectivity index (χ3v) is 13.4. The van der Waals surface area contributed by atoms with Crippen molar-refractivity contribution in [2.45, 2.75) is 19.3 Å². The molecule has 0 saturated carbocycles. The van der Waals surface area contributed by atoms with Crippen LogP contribution in [0.15, 0.2) is 231 Å². The van der Waals surface area contributed by atoms with Crippen LogP contribution < -0.4 is 9.80 Å². The van der Waals surface area contributed by atoms with Gasteiger partial charge in [0.25, 0.3) is 0 Å². The minimum absolute atomic E-state index is 0.250. The van der Waals surface area contributed by atoms with Crippen molar-refractivity contribution in [2.24, 2.45) is 0 Å². The molecule has 0 aromatic heterocycles. The van der Waals surface area contributed by atoms with Crippen LogP contribution in [0.5, 0.6) is 0 Å². The van der Waals surface area contributed by atoms with Gasteiger partial charge in [-0.1, -0.05) is 178 Å². The Labute approximate surface area is 368 Å². The van der Waals surface area contributed by atoms with E-state index in [4.69, 9.17) is 0 Å². The number of benzene rings is 11. The molecule has 11 aromatic carbocycles. The van der Waals surface area contributed by atoms with Gasteiger partial charge < -0.3 is 9.80 Å². The number of hydrogen-bond donors (Lipinski definition) is 0. The average Bonchev–Trinajstić information content (AvgIpc) is 3.58. The Balaban J connectivity index is 1.03. The highest BCUT2D eigenvalue weighted by molar-refractivity contribution is 6.20. The smallest absolute Gasteiger partial charge is 0.0540 e. The molecule has 1 aliphatic carbocycles. The highest BCUT2D eigenvalue weighted by Gasteiger charge is 2.39. The second-order valence-electron chi connectivity index (χ2n) is 17.3. The number of hydrogen-bond acceptors (Lipinski definition) is 2. The molecule has 63 heavy (non-hydrogen) atoms. The second kappa shape index (κ2) is 14.6. The zero-order valence-electron chi connectivity index (χ0n) is 35.3. The highest BCUT2D eigenvalue weighted by Crippen LogP contribution is 2.56. The fourth-order valence-electron chi connectivity index (χ4n) is 10.5. The van der Waals surface area contributed by atoms with Gasteiger partial charge in [0.05, 0.1) is 11.4 Å². The summed E-state index contributed by atoms with van der Waals surface area (Å²) in [7, 11) is 0. The van der Waals surface area contributed by atoms with Crippen molar-refractivity contribution in [1.82, 2.24) is 0 Å². The van der Waals surface area contributed by atoms with Crippen molar-refractivity contribution < 1.29 is 0 Å². The van der Waals surface area contributed by atoms with E-state index in [0.717, 1.165) is 34.1 Å². The number of rotatable bonds is 7. The van der Waals surface area contributed by atoms with Crippen LogP contribution in [0, 0.1) is 0 Å². The summed E-state index contributed by atoms with van der Waals surface area (Å²) in [5.41, 5.74) is 14.5.